The fraction of sp³-hybridized carbons (Fsp3) is 0.500. The number of hydrogen-bond acceptors (Lipinski definition) is 3. The van der Waals surface area contributed by atoms with Crippen LogP contribution in [0, 0.1) is 0 Å². The summed E-state index contributed by atoms with van der Waals surface area (Å²) in [4.78, 5) is 15.7. The molecule has 6 heteroatoms. The number of fused-ring (bicyclic) bond motifs is 1. The quantitative estimate of drug-likeness (QED) is 0.733. The molecule has 3 atom stereocenters. The van der Waals surface area contributed by atoms with Crippen molar-refractivity contribution in [2.45, 2.75) is 49.9 Å². The molecule has 0 aliphatic heterocycles. The van der Waals surface area contributed by atoms with Crippen molar-refractivity contribution in [2.75, 3.05) is 5.75 Å². The maximum atomic E-state index is 12.5. The van der Waals surface area contributed by atoms with Crippen LogP contribution in [0.2, 0.25) is 0 Å². The molecule has 1 aromatic carbocycles. The van der Waals surface area contributed by atoms with Crippen LogP contribution >= 0.6 is 24.2 Å². The minimum absolute atomic E-state index is 0. The largest absolute Gasteiger partial charge is 0.361 e. The average Bonchev–Trinajstić information content (AvgIpc) is 3.15. The molecule has 0 bridgehead atoms. The first kappa shape index (κ1) is 19.2. The number of rotatable bonds is 6. The molecular formula is C18H26ClN3OS. The van der Waals surface area contributed by atoms with Gasteiger partial charge in [0, 0.05) is 28.4 Å². The molecule has 1 amide bonds. The predicted octanol–water partition coefficient (Wildman–Crippen LogP) is 3.25. The number of thioether (sulfide) groups is 1. The molecule has 4 nitrogen and oxygen atoms in total. The van der Waals surface area contributed by atoms with Gasteiger partial charge in [-0.2, -0.15) is 11.8 Å². The minimum Gasteiger partial charge on any atom is -0.361 e. The van der Waals surface area contributed by atoms with Crippen LogP contribution in [0.15, 0.2) is 30.5 Å². The van der Waals surface area contributed by atoms with Gasteiger partial charge in [0.05, 0.1) is 6.04 Å². The highest BCUT2D eigenvalue weighted by atomic mass is 35.5. The second kappa shape index (κ2) is 8.79. The Labute approximate surface area is 153 Å². The third-order valence-corrected chi connectivity index (χ3v) is 5.94. The average molecular weight is 368 g/mol. The van der Waals surface area contributed by atoms with Gasteiger partial charge in [0.2, 0.25) is 5.91 Å². The maximum absolute atomic E-state index is 12.5. The molecule has 1 aliphatic carbocycles. The highest BCUT2D eigenvalue weighted by Crippen LogP contribution is 2.30. The normalized spacial score (nSPS) is 21.4. The lowest BCUT2D eigenvalue weighted by Gasteiger charge is -2.22. The fourth-order valence-electron chi connectivity index (χ4n) is 3.42. The highest BCUT2D eigenvalue weighted by molar-refractivity contribution is 7.99. The van der Waals surface area contributed by atoms with Crippen LogP contribution in [0.25, 0.3) is 10.9 Å². The molecule has 132 valence electrons. The lowest BCUT2D eigenvalue weighted by molar-refractivity contribution is -0.122. The highest BCUT2D eigenvalue weighted by Gasteiger charge is 2.29. The van der Waals surface area contributed by atoms with Crippen molar-refractivity contribution in [1.82, 2.24) is 10.3 Å². The van der Waals surface area contributed by atoms with Crippen LogP contribution in [-0.2, 0) is 11.2 Å². The van der Waals surface area contributed by atoms with Crippen LogP contribution in [0.4, 0.5) is 0 Å². The van der Waals surface area contributed by atoms with Crippen molar-refractivity contribution in [3.05, 3.63) is 36.0 Å². The number of nitrogens with one attached hydrogen (secondary N) is 2. The van der Waals surface area contributed by atoms with Crippen molar-refractivity contribution in [1.29, 1.82) is 0 Å². The Bertz CT molecular complexity index is 675. The van der Waals surface area contributed by atoms with Gasteiger partial charge in [0.1, 0.15) is 0 Å². The van der Waals surface area contributed by atoms with Gasteiger partial charge in [-0.25, -0.2) is 0 Å². The molecule has 1 aliphatic rings. The molecule has 24 heavy (non-hydrogen) atoms. The van der Waals surface area contributed by atoms with Gasteiger partial charge < -0.3 is 16.0 Å². The van der Waals surface area contributed by atoms with E-state index in [0.29, 0.717) is 11.7 Å². The van der Waals surface area contributed by atoms with Gasteiger partial charge in [-0.3, -0.25) is 4.79 Å². The van der Waals surface area contributed by atoms with E-state index in [4.69, 9.17) is 5.73 Å². The Morgan fingerprint density at radius 3 is 3.00 bits per heavy atom. The second-order valence-corrected chi connectivity index (χ2v) is 7.73. The summed E-state index contributed by atoms with van der Waals surface area (Å²) in [5.74, 6) is 1.07. The third kappa shape index (κ3) is 4.26. The van der Waals surface area contributed by atoms with Crippen LogP contribution in [-0.4, -0.2) is 34.0 Å². The Kier molecular flexibility index (Phi) is 7.02. The summed E-state index contributed by atoms with van der Waals surface area (Å²) in [6, 6.07) is 7.90. The zero-order chi connectivity index (χ0) is 16.2. The van der Waals surface area contributed by atoms with Gasteiger partial charge in [-0.15, -0.1) is 12.4 Å². The van der Waals surface area contributed by atoms with E-state index in [-0.39, 0.29) is 24.4 Å². The lowest BCUT2D eigenvalue weighted by atomic mass is 10.0. The topological polar surface area (TPSA) is 70.9 Å². The Hall–Kier alpha value is -1.17. The molecule has 1 fully saturated rings. The van der Waals surface area contributed by atoms with Crippen molar-refractivity contribution in [3.63, 3.8) is 0 Å². The molecule has 4 N–H and O–H groups in total. The molecule has 0 radical (unpaired) electrons. The molecular weight excluding hydrogens is 342 g/mol. The van der Waals surface area contributed by atoms with E-state index in [1.165, 1.54) is 12.8 Å². The van der Waals surface area contributed by atoms with E-state index in [9.17, 15) is 4.79 Å². The summed E-state index contributed by atoms with van der Waals surface area (Å²) in [6.07, 6.45) is 5.99. The lowest BCUT2D eigenvalue weighted by Crippen LogP contribution is -2.48. The third-order valence-electron chi connectivity index (χ3n) is 4.61. The maximum Gasteiger partial charge on any atom is 0.237 e. The predicted molar refractivity (Wildman–Crippen MR) is 105 cm³/mol. The number of nitrogens with two attached hydrogens (primary N) is 1. The molecule has 1 aromatic heterocycles. The molecule has 0 saturated heterocycles. The van der Waals surface area contributed by atoms with Gasteiger partial charge in [0.25, 0.3) is 0 Å². The Morgan fingerprint density at radius 2 is 2.21 bits per heavy atom. The van der Waals surface area contributed by atoms with E-state index in [2.05, 4.69) is 23.3 Å². The number of benzene rings is 1. The molecule has 1 heterocycles. The number of carbonyl (C=O) groups is 1. The number of aromatic nitrogens is 1. The number of halogens is 1. The summed E-state index contributed by atoms with van der Waals surface area (Å²) in [5, 5.41) is 4.87. The van der Waals surface area contributed by atoms with E-state index in [1.54, 1.807) is 0 Å². The van der Waals surface area contributed by atoms with E-state index in [0.717, 1.165) is 28.6 Å². The summed E-state index contributed by atoms with van der Waals surface area (Å²) in [7, 11) is 0. The number of amides is 1. The first-order valence-corrected chi connectivity index (χ1v) is 9.46. The Balaban J connectivity index is 0.00000208. The Morgan fingerprint density at radius 1 is 1.42 bits per heavy atom. The zero-order valence-corrected chi connectivity index (χ0v) is 15.6. The summed E-state index contributed by atoms with van der Waals surface area (Å²) in [6.45, 7) is 2.17. The number of hydrogen-bond donors (Lipinski definition) is 3. The SMILES string of the molecule is CCSC1CCCC1NC(=O)[C@@H](N)Cc1c[nH]c2ccccc12.Cl. The summed E-state index contributed by atoms with van der Waals surface area (Å²) in [5.41, 5.74) is 8.36. The van der Waals surface area contributed by atoms with Crippen molar-refractivity contribution >= 4 is 41.0 Å². The van der Waals surface area contributed by atoms with Crippen LogP contribution < -0.4 is 11.1 Å². The van der Waals surface area contributed by atoms with E-state index >= 15 is 0 Å². The summed E-state index contributed by atoms with van der Waals surface area (Å²) < 4.78 is 0. The summed E-state index contributed by atoms with van der Waals surface area (Å²) >= 11 is 1.95. The number of para-hydroxylation sites is 1. The smallest absolute Gasteiger partial charge is 0.237 e. The van der Waals surface area contributed by atoms with Crippen LogP contribution in [0.3, 0.4) is 0 Å². The fourth-order valence-corrected chi connectivity index (χ4v) is 4.62. The molecule has 2 aromatic rings. The molecule has 3 rings (SSSR count). The van der Waals surface area contributed by atoms with Gasteiger partial charge in [0.15, 0.2) is 0 Å². The molecule has 0 spiro atoms. The number of H-pyrrole nitrogens is 1. The standard InChI is InChI=1S/C18H25N3OS.ClH/c1-2-23-17-9-5-8-16(17)21-18(22)14(19)10-12-11-20-15-7-4-3-6-13(12)15;/h3-4,6-7,11,14,16-17,20H,2,5,8-10,19H2,1H3,(H,21,22);1H/t14-,16?,17?;/m0./s1. The van der Waals surface area contributed by atoms with Gasteiger partial charge in [-0.05, 0) is 36.6 Å². The van der Waals surface area contributed by atoms with E-state index < -0.39 is 6.04 Å². The van der Waals surface area contributed by atoms with Gasteiger partial charge >= 0.3 is 0 Å². The molecule has 2 unspecified atom stereocenters. The molecule has 1 saturated carbocycles. The number of carbonyl (C=O) groups excluding carboxylic acids is 1. The first-order chi connectivity index (χ1) is 11.2. The van der Waals surface area contributed by atoms with Crippen LogP contribution in [0.1, 0.15) is 31.7 Å². The monoisotopic (exact) mass is 367 g/mol. The minimum atomic E-state index is -0.498. The van der Waals surface area contributed by atoms with Crippen molar-refractivity contribution in [2.24, 2.45) is 5.73 Å². The van der Waals surface area contributed by atoms with E-state index in [1.807, 2.05) is 36.2 Å². The number of aromatic amines is 1. The first-order valence-electron chi connectivity index (χ1n) is 8.41. The van der Waals surface area contributed by atoms with Crippen LogP contribution in [0.5, 0.6) is 0 Å². The zero-order valence-electron chi connectivity index (χ0n) is 14.0. The second-order valence-electron chi connectivity index (χ2n) is 6.21. The van der Waals surface area contributed by atoms with Crippen molar-refractivity contribution < 1.29 is 4.79 Å². The van der Waals surface area contributed by atoms with Crippen molar-refractivity contribution in [3.8, 4) is 0 Å². The van der Waals surface area contributed by atoms with Gasteiger partial charge in [-0.1, -0.05) is 31.5 Å².